The summed E-state index contributed by atoms with van der Waals surface area (Å²) in [7, 11) is 0. The van der Waals surface area contributed by atoms with Crippen molar-refractivity contribution in [1.82, 2.24) is 0 Å². The van der Waals surface area contributed by atoms with Crippen molar-refractivity contribution in [3.05, 3.63) is 405 Å². The zero-order chi connectivity index (χ0) is 81.2. The summed E-state index contributed by atoms with van der Waals surface area (Å²) >= 11 is 62.8. The van der Waals surface area contributed by atoms with Crippen LogP contribution in [0.1, 0.15) is 33.4 Å². The summed E-state index contributed by atoms with van der Waals surface area (Å²) in [5.74, 6) is 5.01. The number of rotatable bonds is 18. The molecule has 0 bridgehead atoms. The fraction of sp³-hybridized carbons (Fsp3) is 0.0667. The molecule has 6 nitrogen and oxygen atoms in total. The largest absolute Gasteiger partial charge is 0.489 e. The monoisotopic (exact) mass is 2660 g/mol. The number of benzene rings is 15. The molecule has 15 aromatic carbocycles. The van der Waals surface area contributed by atoms with E-state index < -0.39 is 0 Å². The molecule has 114 heavy (non-hydrogen) atoms. The number of ether oxygens (including phenoxy) is 6. The van der Waals surface area contributed by atoms with Gasteiger partial charge in [0.15, 0.2) is 0 Å². The van der Waals surface area contributed by atoms with Gasteiger partial charge in [0.25, 0.3) is 0 Å². The van der Waals surface area contributed by atoms with Crippen LogP contribution < -0.4 is 28.4 Å². The van der Waals surface area contributed by atoms with Gasteiger partial charge in [0.1, 0.15) is 74.1 Å². The lowest BCUT2D eigenvalue weighted by atomic mass is 10.1. The summed E-state index contributed by atoms with van der Waals surface area (Å²) < 4.78 is 53.3. The van der Waals surface area contributed by atoms with Crippen LogP contribution >= 0.6 is 287 Å². The molecule has 0 heterocycles. The van der Waals surface area contributed by atoms with E-state index in [0.717, 1.165) is 148 Å². The van der Waals surface area contributed by atoms with Gasteiger partial charge in [-0.25, -0.2) is 0 Å². The highest BCUT2D eigenvalue weighted by Crippen LogP contribution is 2.38. The lowest BCUT2D eigenvalue weighted by molar-refractivity contribution is 0.303. The molecule has 0 fully saturated rings. The Hall–Kier alpha value is -3.48. The van der Waals surface area contributed by atoms with Crippen molar-refractivity contribution in [2.45, 2.75) is 39.6 Å². The molecular formula is C90H60Br18O6. The summed E-state index contributed by atoms with van der Waals surface area (Å²) in [5.41, 5.74) is 6.81. The van der Waals surface area contributed by atoms with Gasteiger partial charge in [-0.1, -0.05) is 321 Å². The van der Waals surface area contributed by atoms with Gasteiger partial charge in [-0.3, -0.25) is 0 Å². The van der Waals surface area contributed by atoms with Gasteiger partial charge in [0, 0.05) is 79.3 Å². The molecule has 0 amide bonds. The normalized spacial score (nSPS) is 10.6. The third-order valence-electron chi connectivity index (χ3n) is 16.2. The van der Waals surface area contributed by atoms with E-state index in [-0.39, 0.29) is 0 Å². The second-order valence-electron chi connectivity index (χ2n) is 24.4. The predicted octanol–water partition coefficient (Wildman–Crippen LogP) is 36.8. The first-order valence-electron chi connectivity index (χ1n) is 34.1. The zero-order valence-corrected chi connectivity index (χ0v) is 87.8. The number of hydrogen-bond acceptors (Lipinski definition) is 6. The van der Waals surface area contributed by atoms with E-state index in [1.165, 1.54) is 32.3 Å². The average molecular weight is 2680 g/mol. The van der Waals surface area contributed by atoms with E-state index in [1.807, 2.05) is 218 Å². The molecule has 0 aliphatic rings. The van der Waals surface area contributed by atoms with Gasteiger partial charge in [-0.05, 0) is 306 Å². The highest BCUT2D eigenvalue weighted by Gasteiger charge is 2.13. The fourth-order valence-electron chi connectivity index (χ4n) is 10.5. The summed E-state index contributed by atoms with van der Waals surface area (Å²) in [5, 5.41) is 7.27. The summed E-state index contributed by atoms with van der Waals surface area (Å²) in [4.78, 5) is 0. The Kier molecular flexibility index (Phi) is 38.8. The molecule has 0 aliphatic heterocycles. The number of fused-ring (bicyclic) bond motifs is 3. The molecule has 15 rings (SSSR count). The van der Waals surface area contributed by atoms with Crippen LogP contribution in [0.4, 0.5) is 0 Å². The Labute approximate surface area is 815 Å². The first-order valence-corrected chi connectivity index (χ1v) is 48.3. The molecule has 15 aromatic rings. The van der Waals surface area contributed by atoms with Gasteiger partial charge in [0.2, 0.25) is 0 Å². The van der Waals surface area contributed by atoms with Crippen LogP contribution in [0.15, 0.2) is 372 Å². The minimum Gasteiger partial charge on any atom is -0.489 e. The van der Waals surface area contributed by atoms with Gasteiger partial charge in [0.05, 0.1) is 17.9 Å². The average Bonchev–Trinajstić information content (AvgIpc) is 0.823. The maximum absolute atomic E-state index is 5.93. The van der Waals surface area contributed by atoms with E-state index in [0.29, 0.717) is 39.6 Å². The maximum Gasteiger partial charge on any atom is 0.135 e. The maximum atomic E-state index is 5.93. The van der Waals surface area contributed by atoms with Crippen LogP contribution in [-0.4, -0.2) is 0 Å². The SMILES string of the molecule is Brc1cc(Br)cc(OCc2ccc3ccccc3c2Br)c1.Brc1ccc(Br)c(OCc2ccc3ccccc3c2Br)c1.Brc1ccc(COc2cc(Br)cc(Br)c2)cc1.Brc1ccc(COc2cc(Br)ccc2Br)cc1.Brc1ccc(COc2ccc(Br)cc2Br)cc1.Brc1ccc(OCc2ccc3ccccc3c2Br)c(Br)c1. The molecule has 0 aliphatic carbocycles. The molecule has 0 saturated heterocycles. The topological polar surface area (TPSA) is 55.4 Å². The Bertz CT molecular complexity index is 5680. The highest BCUT2D eigenvalue weighted by molar-refractivity contribution is 9.13. The predicted molar refractivity (Wildman–Crippen MR) is 534 cm³/mol. The first-order chi connectivity index (χ1) is 54.9. The van der Waals surface area contributed by atoms with Crippen molar-refractivity contribution in [1.29, 1.82) is 0 Å². The molecule has 0 saturated carbocycles. The van der Waals surface area contributed by atoms with E-state index in [1.54, 1.807) is 0 Å². The van der Waals surface area contributed by atoms with Crippen LogP contribution in [-0.2, 0) is 39.6 Å². The smallest absolute Gasteiger partial charge is 0.135 e. The second kappa shape index (κ2) is 47.7. The standard InChI is InChI=1S/3C17H11Br3O.3C13H9Br3O/c18-13-7-14(19)9-15(8-13)21-10-12-6-5-11-3-1-2-4-16(11)17(12)20;18-13-7-8-16(15(19)9-13)21-10-12-6-5-11-3-1-2-4-14(11)17(12)20;18-13-7-8-15(19)16(9-13)21-10-12-6-5-11-3-1-2-4-14(11)17(12)20;14-10-3-1-9(2-4-10)8-17-13-6-11(15)5-12(16)7-13;14-10-3-1-9(2-4-10)8-17-13-6-5-11(15)7-12(13)16;14-10-3-1-9(2-4-10)8-17-13-7-11(15)5-6-12(13)16/h3*1-9H,10H2;3*1-7H,8H2. The van der Waals surface area contributed by atoms with Crippen molar-refractivity contribution in [3.8, 4) is 34.5 Å². The lowest BCUT2D eigenvalue weighted by Crippen LogP contribution is -1.97. The molecule has 0 atom stereocenters. The van der Waals surface area contributed by atoms with Crippen molar-refractivity contribution < 1.29 is 28.4 Å². The Balaban J connectivity index is 0.000000145. The summed E-state index contributed by atoms with van der Waals surface area (Å²) in [6.07, 6.45) is 0. The minimum atomic E-state index is 0.514. The second-order valence-corrected chi connectivity index (χ2v) is 40.3. The Morgan fingerprint density at radius 2 is 0.439 bits per heavy atom. The van der Waals surface area contributed by atoms with Crippen LogP contribution in [0.3, 0.4) is 0 Å². The van der Waals surface area contributed by atoms with Gasteiger partial charge >= 0.3 is 0 Å². The molecule has 0 aromatic heterocycles. The summed E-state index contributed by atoms with van der Waals surface area (Å²) in [6.45, 7) is 3.24. The van der Waals surface area contributed by atoms with Crippen LogP contribution in [0, 0.1) is 0 Å². The molecule has 0 spiro atoms. The third kappa shape index (κ3) is 30.0. The number of hydrogen-bond donors (Lipinski definition) is 0. The van der Waals surface area contributed by atoms with Crippen molar-refractivity contribution >= 4 is 319 Å². The van der Waals surface area contributed by atoms with Gasteiger partial charge in [-0.2, -0.15) is 0 Å². The van der Waals surface area contributed by atoms with E-state index in [4.69, 9.17) is 28.4 Å². The highest BCUT2D eigenvalue weighted by atomic mass is 79.9. The lowest BCUT2D eigenvalue weighted by Gasteiger charge is -2.11. The van der Waals surface area contributed by atoms with E-state index in [9.17, 15) is 0 Å². The Morgan fingerprint density at radius 3 is 0.781 bits per heavy atom. The molecular weight excluding hydrogens is 2620 g/mol. The fourth-order valence-corrected chi connectivity index (χ4v) is 19.3. The van der Waals surface area contributed by atoms with Crippen molar-refractivity contribution in [2.24, 2.45) is 0 Å². The van der Waals surface area contributed by atoms with E-state index >= 15 is 0 Å². The number of halogens is 18. The minimum absolute atomic E-state index is 0.514. The molecule has 0 radical (unpaired) electrons. The molecule has 582 valence electrons. The first kappa shape index (κ1) is 92.8. The Morgan fingerprint density at radius 1 is 0.175 bits per heavy atom. The van der Waals surface area contributed by atoms with Crippen LogP contribution in [0.25, 0.3) is 32.3 Å². The van der Waals surface area contributed by atoms with Crippen molar-refractivity contribution in [3.63, 3.8) is 0 Å². The zero-order valence-electron chi connectivity index (χ0n) is 59.2. The summed E-state index contributed by atoms with van der Waals surface area (Å²) in [6, 6.07) is 97.2. The molecule has 0 unspecified atom stereocenters. The molecule has 0 N–H and O–H groups in total. The van der Waals surface area contributed by atoms with Gasteiger partial charge < -0.3 is 28.4 Å². The van der Waals surface area contributed by atoms with Gasteiger partial charge in [-0.15, -0.1) is 0 Å². The van der Waals surface area contributed by atoms with Crippen LogP contribution in [0.2, 0.25) is 0 Å². The molecule has 24 heteroatoms. The van der Waals surface area contributed by atoms with E-state index in [2.05, 4.69) is 360 Å². The third-order valence-corrected chi connectivity index (χ3v) is 26.9. The van der Waals surface area contributed by atoms with Crippen molar-refractivity contribution in [2.75, 3.05) is 0 Å². The van der Waals surface area contributed by atoms with Crippen LogP contribution in [0.5, 0.6) is 34.5 Å². The quantitative estimate of drug-likeness (QED) is 0.0853.